The molecule has 12 heteroatoms. The van der Waals surface area contributed by atoms with Crippen molar-refractivity contribution in [2.75, 3.05) is 12.4 Å². The second-order valence-corrected chi connectivity index (χ2v) is 6.29. The van der Waals surface area contributed by atoms with Crippen molar-refractivity contribution in [1.82, 2.24) is 19.5 Å². The highest BCUT2D eigenvalue weighted by atomic mass is 16.7. The predicted molar refractivity (Wildman–Crippen MR) is 89.8 cm³/mol. The van der Waals surface area contributed by atoms with E-state index in [0.29, 0.717) is 17.0 Å². The van der Waals surface area contributed by atoms with Crippen LogP contribution in [0.25, 0.3) is 11.2 Å². The minimum Gasteiger partial charge on any atom is -0.454 e. The summed E-state index contributed by atoms with van der Waals surface area (Å²) in [4.78, 5) is 47.7. The van der Waals surface area contributed by atoms with Gasteiger partial charge in [-0.2, -0.15) is 0 Å². The number of hydrogen-bond acceptors (Lipinski definition) is 11. The molecule has 0 saturated carbocycles. The Hall–Kier alpha value is -3.28. The summed E-state index contributed by atoms with van der Waals surface area (Å²) in [7, 11) is 1.70. The van der Waals surface area contributed by atoms with Gasteiger partial charge in [-0.3, -0.25) is 14.2 Å². The molecule has 0 aromatic carbocycles. The summed E-state index contributed by atoms with van der Waals surface area (Å²) in [5.74, 6) is -1.48. The first-order chi connectivity index (χ1) is 13.4. The highest BCUT2D eigenvalue weighted by Gasteiger charge is 2.61. The van der Waals surface area contributed by atoms with Gasteiger partial charge in [0.2, 0.25) is 6.10 Å². The lowest BCUT2D eigenvalue weighted by Crippen LogP contribution is -2.36. The van der Waals surface area contributed by atoms with Gasteiger partial charge in [0.05, 0.1) is 6.33 Å². The molecule has 2 aliphatic heterocycles. The Kier molecular flexibility index (Phi) is 4.34. The third-order valence-electron chi connectivity index (χ3n) is 4.47. The van der Waals surface area contributed by atoms with E-state index in [1.807, 2.05) is 0 Å². The third-order valence-corrected chi connectivity index (χ3v) is 4.47. The summed E-state index contributed by atoms with van der Waals surface area (Å²) in [6.45, 7) is 2.41. The van der Waals surface area contributed by atoms with Gasteiger partial charge in [0.25, 0.3) is 0 Å². The number of rotatable bonds is 4. The van der Waals surface area contributed by atoms with E-state index in [2.05, 4.69) is 20.3 Å². The van der Waals surface area contributed by atoms with Crippen molar-refractivity contribution < 1.29 is 33.3 Å². The SMILES string of the molecule is CNc1ncnc2c1ncn2C1OC2C(OC(C)=O)C(=O)OC2C1OC(C)=O. The van der Waals surface area contributed by atoms with Crippen molar-refractivity contribution >= 4 is 34.9 Å². The van der Waals surface area contributed by atoms with Crippen LogP contribution in [0.1, 0.15) is 20.1 Å². The molecule has 0 spiro atoms. The first-order valence-corrected chi connectivity index (χ1v) is 8.46. The number of fused-ring (bicyclic) bond motifs is 2. The van der Waals surface area contributed by atoms with E-state index in [9.17, 15) is 14.4 Å². The summed E-state index contributed by atoms with van der Waals surface area (Å²) < 4.78 is 23.2. The Bertz CT molecular complexity index is 960. The number of aromatic nitrogens is 4. The molecule has 0 aliphatic carbocycles. The van der Waals surface area contributed by atoms with Crippen LogP contribution >= 0.6 is 0 Å². The van der Waals surface area contributed by atoms with Crippen LogP contribution in [0.3, 0.4) is 0 Å². The molecule has 2 fully saturated rings. The first kappa shape index (κ1) is 18.1. The molecule has 2 aromatic rings. The summed E-state index contributed by atoms with van der Waals surface area (Å²) in [5, 5.41) is 2.91. The van der Waals surface area contributed by atoms with Crippen LogP contribution in [0.5, 0.6) is 0 Å². The average Bonchev–Trinajstić information content (AvgIpc) is 3.29. The van der Waals surface area contributed by atoms with Gasteiger partial charge in [0.15, 0.2) is 29.9 Å². The Labute approximate surface area is 158 Å². The topological polar surface area (TPSA) is 144 Å². The van der Waals surface area contributed by atoms with E-state index in [1.54, 1.807) is 11.6 Å². The molecule has 5 unspecified atom stereocenters. The lowest BCUT2D eigenvalue weighted by Gasteiger charge is -2.22. The molecule has 2 aliphatic rings. The Morgan fingerprint density at radius 3 is 2.57 bits per heavy atom. The van der Waals surface area contributed by atoms with Crippen molar-refractivity contribution in [3.05, 3.63) is 12.7 Å². The molecule has 1 N–H and O–H groups in total. The Balaban J connectivity index is 1.73. The summed E-state index contributed by atoms with van der Waals surface area (Å²) in [6, 6.07) is 0. The fourth-order valence-electron chi connectivity index (χ4n) is 3.43. The zero-order chi connectivity index (χ0) is 20.0. The number of nitrogens with one attached hydrogen (secondary N) is 1. The number of carbonyl (C=O) groups is 3. The van der Waals surface area contributed by atoms with E-state index in [-0.39, 0.29) is 0 Å². The summed E-state index contributed by atoms with van der Waals surface area (Å²) in [5.41, 5.74) is 0.914. The number of carbonyl (C=O) groups excluding carboxylic acids is 3. The van der Waals surface area contributed by atoms with Gasteiger partial charge in [-0.25, -0.2) is 19.7 Å². The van der Waals surface area contributed by atoms with E-state index in [1.165, 1.54) is 26.5 Å². The molecule has 2 aromatic heterocycles. The summed E-state index contributed by atoms with van der Waals surface area (Å²) in [6.07, 6.45) is -2.17. The van der Waals surface area contributed by atoms with Crippen molar-refractivity contribution in [2.45, 2.75) is 44.5 Å². The molecular weight excluding hydrogens is 374 g/mol. The average molecular weight is 391 g/mol. The number of imidazole rings is 1. The zero-order valence-electron chi connectivity index (χ0n) is 15.2. The number of ether oxygens (including phenoxy) is 4. The van der Waals surface area contributed by atoms with E-state index >= 15 is 0 Å². The standard InChI is InChI=1S/C16H17N5O7/c1-6(22)25-11-9-10(12(16(24)28-9)26-7(2)23)27-15(11)21-5-20-8-13(17-3)18-4-19-14(8)21/h4-5,9-12,15H,1-3H3,(H,17,18,19). The lowest BCUT2D eigenvalue weighted by molar-refractivity contribution is -0.174. The van der Waals surface area contributed by atoms with Crippen molar-refractivity contribution in [3.63, 3.8) is 0 Å². The molecule has 5 atom stereocenters. The van der Waals surface area contributed by atoms with Gasteiger partial charge < -0.3 is 24.3 Å². The third kappa shape index (κ3) is 2.81. The fourth-order valence-corrected chi connectivity index (χ4v) is 3.43. The maximum absolute atomic E-state index is 12.1. The largest absolute Gasteiger partial charge is 0.454 e. The van der Waals surface area contributed by atoms with Crippen molar-refractivity contribution in [1.29, 1.82) is 0 Å². The number of nitrogens with zero attached hydrogens (tertiary/aromatic N) is 4. The lowest BCUT2D eigenvalue weighted by atomic mass is 10.1. The van der Waals surface area contributed by atoms with Gasteiger partial charge in [-0.1, -0.05) is 0 Å². The number of esters is 3. The highest BCUT2D eigenvalue weighted by molar-refractivity contribution is 5.83. The Morgan fingerprint density at radius 2 is 1.89 bits per heavy atom. The van der Waals surface area contributed by atoms with Crippen LogP contribution in [0.15, 0.2) is 12.7 Å². The van der Waals surface area contributed by atoms with Crippen LogP contribution in [0.2, 0.25) is 0 Å². The van der Waals surface area contributed by atoms with Crippen LogP contribution in [0, 0.1) is 0 Å². The van der Waals surface area contributed by atoms with E-state index in [4.69, 9.17) is 18.9 Å². The molecule has 148 valence electrons. The molecule has 0 amide bonds. The minimum atomic E-state index is -1.25. The smallest absolute Gasteiger partial charge is 0.350 e. The fraction of sp³-hybridized carbons (Fsp3) is 0.500. The molecule has 0 radical (unpaired) electrons. The maximum Gasteiger partial charge on any atom is 0.350 e. The summed E-state index contributed by atoms with van der Waals surface area (Å²) >= 11 is 0. The monoisotopic (exact) mass is 391 g/mol. The maximum atomic E-state index is 12.1. The van der Waals surface area contributed by atoms with Crippen LogP contribution in [-0.4, -0.2) is 68.9 Å². The van der Waals surface area contributed by atoms with Gasteiger partial charge in [0, 0.05) is 20.9 Å². The normalized spacial score (nSPS) is 28.7. The Morgan fingerprint density at radius 1 is 1.14 bits per heavy atom. The zero-order valence-corrected chi connectivity index (χ0v) is 15.2. The molecule has 0 bridgehead atoms. The second-order valence-electron chi connectivity index (χ2n) is 6.29. The van der Waals surface area contributed by atoms with Gasteiger partial charge in [0.1, 0.15) is 17.9 Å². The van der Waals surface area contributed by atoms with Gasteiger partial charge in [-0.15, -0.1) is 0 Å². The van der Waals surface area contributed by atoms with Gasteiger partial charge in [-0.05, 0) is 0 Å². The molecule has 4 rings (SSSR count). The van der Waals surface area contributed by atoms with Crippen molar-refractivity contribution in [3.8, 4) is 0 Å². The highest BCUT2D eigenvalue weighted by Crippen LogP contribution is 2.41. The van der Waals surface area contributed by atoms with Crippen LogP contribution < -0.4 is 5.32 Å². The molecule has 28 heavy (non-hydrogen) atoms. The van der Waals surface area contributed by atoms with Crippen molar-refractivity contribution in [2.24, 2.45) is 0 Å². The number of hydrogen-bond donors (Lipinski definition) is 1. The van der Waals surface area contributed by atoms with Crippen LogP contribution in [-0.2, 0) is 33.3 Å². The molecule has 2 saturated heterocycles. The predicted octanol–water partition coefficient (Wildman–Crippen LogP) is -0.446. The second kappa shape index (κ2) is 6.71. The number of anilines is 1. The molecule has 12 nitrogen and oxygen atoms in total. The minimum absolute atomic E-state index is 0.428. The first-order valence-electron chi connectivity index (χ1n) is 8.46. The molecule has 4 heterocycles. The van der Waals surface area contributed by atoms with Crippen LogP contribution in [0.4, 0.5) is 5.82 Å². The molecular formula is C16H17N5O7. The van der Waals surface area contributed by atoms with Gasteiger partial charge >= 0.3 is 17.9 Å². The van der Waals surface area contributed by atoms with E-state index in [0.717, 1.165) is 0 Å². The quantitative estimate of drug-likeness (QED) is 0.534. The van der Waals surface area contributed by atoms with E-state index < -0.39 is 48.6 Å².